The SMILES string of the molecule is C[C@@H]1O[C@@H](O)[C@@](C)(O)[C@H](O)[C@@H]1O. The molecule has 0 bridgehead atoms. The Balaban J connectivity index is 2.80. The van der Waals surface area contributed by atoms with Gasteiger partial charge in [0.2, 0.25) is 0 Å². The summed E-state index contributed by atoms with van der Waals surface area (Å²) >= 11 is 0. The van der Waals surface area contributed by atoms with Gasteiger partial charge in [-0.2, -0.15) is 0 Å². The van der Waals surface area contributed by atoms with Crippen molar-refractivity contribution < 1.29 is 25.2 Å². The van der Waals surface area contributed by atoms with Crippen molar-refractivity contribution in [1.82, 2.24) is 0 Å². The van der Waals surface area contributed by atoms with Crippen LogP contribution in [0, 0.1) is 0 Å². The van der Waals surface area contributed by atoms with Crippen molar-refractivity contribution >= 4 is 0 Å². The quantitative estimate of drug-likeness (QED) is 0.351. The second kappa shape index (κ2) is 2.93. The summed E-state index contributed by atoms with van der Waals surface area (Å²) in [6, 6.07) is 0. The fourth-order valence-electron chi connectivity index (χ4n) is 1.17. The average Bonchev–Trinajstić information content (AvgIpc) is 1.99. The highest BCUT2D eigenvalue weighted by Gasteiger charge is 2.49. The predicted molar refractivity (Wildman–Crippen MR) is 39.2 cm³/mol. The summed E-state index contributed by atoms with van der Waals surface area (Å²) in [4.78, 5) is 0. The van der Waals surface area contributed by atoms with Crippen molar-refractivity contribution in [2.75, 3.05) is 0 Å². The third kappa shape index (κ3) is 1.34. The molecule has 1 aliphatic heterocycles. The molecular weight excluding hydrogens is 164 g/mol. The molecule has 1 fully saturated rings. The average molecular weight is 178 g/mol. The molecule has 4 N–H and O–H groups in total. The Morgan fingerprint density at radius 2 is 1.75 bits per heavy atom. The van der Waals surface area contributed by atoms with Gasteiger partial charge in [0.25, 0.3) is 0 Å². The first-order valence-corrected chi connectivity index (χ1v) is 3.79. The lowest BCUT2D eigenvalue weighted by atomic mass is 9.89. The van der Waals surface area contributed by atoms with Gasteiger partial charge in [0.05, 0.1) is 6.10 Å². The van der Waals surface area contributed by atoms with Crippen molar-refractivity contribution in [1.29, 1.82) is 0 Å². The zero-order chi connectivity index (χ0) is 9.52. The molecule has 1 rings (SSSR count). The van der Waals surface area contributed by atoms with Gasteiger partial charge in [-0.25, -0.2) is 0 Å². The van der Waals surface area contributed by atoms with Crippen LogP contribution in [0.15, 0.2) is 0 Å². The molecule has 0 spiro atoms. The molecule has 72 valence electrons. The van der Waals surface area contributed by atoms with Crippen LogP contribution in [0.1, 0.15) is 13.8 Å². The van der Waals surface area contributed by atoms with Crippen LogP contribution in [0.25, 0.3) is 0 Å². The van der Waals surface area contributed by atoms with Gasteiger partial charge in [0.1, 0.15) is 17.8 Å². The Bertz CT molecular complexity index is 169. The largest absolute Gasteiger partial charge is 0.388 e. The third-order valence-corrected chi connectivity index (χ3v) is 2.25. The zero-order valence-corrected chi connectivity index (χ0v) is 7.01. The molecule has 1 heterocycles. The molecule has 0 aromatic rings. The topological polar surface area (TPSA) is 90.2 Å². The molecule has 1 aliphatic rings. The van der Waals surface area contributed by atoms with Crippen molar-refractivity contribution in [3.63, 3.8) is 0 Å². The number of aliphatic hydroxyl groups is 4. The Hall–Kier alpha value is -0.200. The maximum atomic E-state index is 9.41. The number of ether oxygens (including phenoxy) is 1. The van der Waals surface area contributed by atoms with Gasteiger partial charge >= 0.3 is 0 Å². The first-order chi connectivity index (χ1) is 5.37. The Kier molecular flexibility index (Phi) is 2.42. The summed E-state index contributed by atoms with van der Waals surface area (Å²) in [5.74, 6) is 0. The maximum Gasteiger partial charge on any atom is 0.186 e. The molecular formula is C7H14O5. The van der Waals surface area contributed by atoms with Crippen molar-refractivity contribution in [3.05, 3.63) is 0 Å². The lowest BCUT2D eigenvalue weighted by molar-refractivity contribution is -0.316. The van der Waals surface area contributed by atoms with E-state index in [-0.39, 0.29) is 0 Å². The number of aliphatic hydroxyl groups excluding tert-OH is 3. The molecule has 0 unspecified atom stereocenters. The fraction of sp³-hybridized carbons (Fsp3) is 1.00. The normalized spacial score (nSPS) is 55.5. The first-order valence-electron chi connectivity index (χ1n) is 3.79. The van der Waals surface area contributed by atoms with Crippen LogP contribution in [-0.4, -0.2) is 50.6 Å². The molecule has 0 aromatic heterocycles. The van der Waals surface area contributed by atoms with Crippen LogP contribution < -0.4 is 0 Å². The van der Waals surface area contributed by atoms with Crippen LogP contribution in [-0.2, 0) is 4.74 Å². The van der Waals surface area contributed by atoms with E-state index in [1.54, 1.807) is 0 Å². The molecule has 5 heteroatoms. The van der Waals surface area contributed by atoms with Crippen molar-refractivity contribution in [3.8, 4) is 0 Å². The molecule has 0 amide bonds. The van der Waals surface area contributed by atoms with E-state index in [1.807, 2.05) is 0 Å². The molecule has 1 saturated heterocycles. The molecule has 5 nitrogen and oxygen atoms in total. The first kappa shape index (κ1) is 9.88. The molecule has 0 radical (unpaired) electrons. The van der Waals surface area contributed by atoms with Crippen molar-refractivity contribution in [2.45, 2.75) is 44.1 Å². The third-order valence-electron chi connectivity index (χ3n) is 2.25. The molecule has 0 aliphatic carbocycles. The van der Waals surface area contributed by atoms with E-state index in [4.69, 9.17) is 9.84 Å². The van der Waals surface area contributed by atoms with Crippen LogP contribution >= 0.6 is 0 Å². The second-order valence-corrected chi connectivity index (χ2v) is 3.35. The summed E-state index contributed by atoms with van der Waals surface area (Å²) in [6.45, 7) is 2.71. The molecule has 12 heavy (non-hydrogen) atoms. The highest BCUT2D eigenvalue weighted by Crippen LogP contribution is 2.27. The van der Waals surface area contributed by atoms with Gasteiger partial charge in [-0.3, -0.25) is 0 Å². The van der Waals surface area contributed by atoms with Crippen LogP contribution in [0.5, 0.6) is 0 Å². The van der Waals surface area contributed by atoms with Crippen LogP contribution in [0.4, 0.5) is 0 Å². The van der Waals surface area contributed by atoms with Gasteiger partial charge in [0, 0.05) is 0 Å². The molecule has 5 atom stereocenters. The van der Waals surface area contributed by atoms with E-state index in [0.29, 0.717) is 0 Å². The smallest absolute Gasteiger partial charge is 0.186 e. The second-order valence-electron chi connectivity index (χ2n) is 3.35. The summed E-state index contributed by atoms with van der Waals surface area (Å²) in [7, 11) is 0. The summed E-state index contributed by atoms with van der Waals surface area (Å²) < 4.78 is 4.78. The Morgan fingerprint density at radius 3 is 2.25 bits per heavy atom. The van der Waals surface area contributed by atoms with Gasteiger partial charge in [-0.1, -0.05) is 0 Å². The Morgan fingerprint density at radius 1 is 1.25 bits per heavy atom. The van der Waals surface area contributed by atoms with Crippen LogP contribution in [0.3, 0.4) is 0 Å². The number of hydrogen-bond acceptors (Lipinski definition) is 5. The minimum absolute atomic E-state index is 0.685. The van der Waals surface area contributed by atoms with E-state index >= 15 is 0 Å². The van der Waals surface area contributed by atoms with E-state index in [9.17, 15) is 15.3 Å². The van der Waals surface area contributed by atoms with Gasteiger partial charge in [-0.15, -0.1) is 0 Å². The lowest BCUT2D eigenvalue weighted by Gasteiger charge is -2.43. The fourth-order valence-corrected chi connectivity index (χ4v) is 1.17. The molecule has 0 aromatic carbocycles. The van der Waals surface area contributed by atoms with Crippen molar-refractivity contribution in [2.24, 2.45) is 0 Å². The highest BCUT2D eigenvalue weighted by atomic mass is 16.6. The number of rotatable bonds is 0. The van der Waals surface area contributed by atoms with E-state index in [0.717, 1.165) is 0 Å². The van der Waals surface area contributed by atoms with E-state index < -0.39 is 30.2 Å². The zero-order valence-electron chi connectivity index (χ0n) is 7.01. The van der Waals surface area contributed by atoms with E-state index in [1.165, 1.54) is 13.8 Å². The number of hydrogen-bond donors (Lipinski definition) is 4. The Labute approximate surface area is 70.2 Å². The van der Waals surface area contributed by atoms with Gasteiger partial charge < -0.3 is 25.2 Å². The minimum Gasteiger partial charge on any atom is -0.388 e. The monoisotopic (exact) mass is 178 g/mol. The minimum atomic E-state index is -1.81. The maximum absolute atomic E-state index is 9.41. The highest BCUT2D eigenvalue weighted by molar-refractivity contribution is 4.95. The van der Waals surface area contributed by atoms with Gasteiger partial charge in [-0.05, 0) is 13.8 Å². The lowest BCUT2D eigenvalue weighted by Crippen LogP contribution is -2.63. The summed E-state index contributed by atoms with van der Waals surface area (Å²) in [5, 5.41) is 37.1. The predicted octanol–water partition coefficient (Wildman–Crippen LogP) is -1.80. The van der Waals surface area contributed by atoms with E-state index in [2.05, 4.69) is 0 Å². The summed E-state index contributed by atoms with van der Waals surface area (Å²) in [6.07, 6.45) is -4.72. The molecule has 0 saturated carbocycles. The summed E-state index contributed by atoms with van der Waals surface area (Å²) in [5.41, 5.74) is -1.81. The van der Waals surface area contributed by atoms with Crippen LogP contribution in [0.2, 0.25) is 0 Å². The standard InChI is InChI=1S/C7H14O5/c1-3-4(8)5(9)7(2,11)6(10)12-3/h3-6,8-11H,1-2H3/t3-,4+,5+,6+,7-/m0/s1. The van der Waals surface area contributed by atoms with Gasteiger partial charge in [0.15, 0.2) is 6.29 Å².